The molecule has 0 heterocycles. The normalized spacial score (nSPS) is 11.7. The molecule has 1 N–H and O–H groups in total. The van der Waals surface area contributed by atoms with Crippen molar-refractivity contribution in [3.05, 3.63) is 48.0 Å². The maximum Gasteiger partial charge on any atom is 0.0836 e. The van der Waals surface area contributed by atoms with Crippen LogP contribution < -0.4 is 0 Å². The van der Waals surface area contributed by atoms with Crippen LogP contribution in [0.1, 0.15) is 23.7 Å². The first-order valence-corrected chi connectivity index (χ1v) is 4.14. The molecule has 13 heavy (non-hydrogen) atoms. The van der Waals surface area contributed by atoms with E-state index in [-0.39, 0.29) is 0 Å². The smallest absolute Gasteiger partial charge is 0.0836 e. The van der Waals surface area contributed by atoms with Crippen molar-refractivity contribution in [2.75, 3.05) is 0 Å². The van der Waals surface area contributed by atoms with Gasteiger partial charge < -0.3 is 5.11 Å². The van der Waals surface area contributed by atoms with E-state index in [1.54, 1.807) is 6.08 Å². The summed E-state index contributed by atoms with van der Waals surface area (Å²) in [5.74, 6) is 2.54. The first kappa shape index (κ1) is 9.57. The third-order valence-corrected chi connectivity index (χ3v) is 1.87. The molecule has 1 aromatic rings. The van der Waals surface area contributed by atoms with E-state index in [1.165, 1.54) is 0 Å². The van der Waals surface area contributed by atoms with Crippen molar-refractivity contribution in [1.29, 1.82) is 0 Å². The molecule has 0 aliphatic carbocycles. The van der Waals surface area contributed by atoms with Crippen molar-refractivity contribution >= 4 is 0 Å². The lowest BCUT2D eigenvalue weighted by atomic mass is 10.0. The number of benzene rings is 1. The molecule has 0 bridgehead atoms. The molecule has 1 rings (SSSR count). The van der Waals surface area contributed by atoms with E-state index in [2.05, 4.69) is 12.5 Å². The average Bonchev–Trinajstić information content (AvgIpc) is 2.18. The van der Waals surface area contributed by atoms with Crippen LogP contribution in [0.25, 0.3) is 0 Å². The zero-order chi connectivity index (χ0) is 9.68. The van der Waals surface area contributed by atoms with E-state index in [9.17, 15) is 5.11 Å². The molecule has 1 nitrogen and oxygen atoms in total. The molecule has 1 atom stereocenters. The Balaban J connectivity index is 2.99. The predicted octanol–water partition coefficient (Wildman–Crippen LogP) is 2.28. The number of rotatable bonds is 3. The molecule has 0 aliphatic rings. The monoisotopic (exact) mass is 172 g/mol. The lowest BCUT2D eigenvalue weighted by molar-refractivity contribution is 0.181. The van der Waals surface area contributed by atoms with Crippen LogP contribution in [0.4, 0.5) is 0 Å². The van der Waals surface area contributed by atoms with Crippen LogP contribution in [0.5, 0.6) is 0 Å². The molecule has 0 spiro atoms. The van der Waals surface area contributed by atoms with Gasteiger partial charge in [0.25, 0.3) is 0 Å². The van der Waals surface area contributed by atoms with Crippen molar-refractivity contribution in [1.82, 2.24) is 0 Å². The summed E-state index contributed by atoms with van der Waals surface area (Å²) < 4.78 is 0. The van der Waals surface area contributed by atoms with Crippen LogP contribution in [0, 0.1) is 12.3 Å². The summed E-state index contributed by atoms with van der Waals surface area (Å²) in [6, 6.07) is 7.38. The lowest BCUT2D eigenvalue weighted by Gasteiger charge is -2.09. The van der Waals surface area contributed by atoms with Crippen LogP contribution in [0.15, 0.2) is 36.9 Å². The number of aliphatic hydroxyl groups is 1. The highest BCUT2D eigenvalue weighted by Gasteiger charge is 2.08. The first-order valence-electron chi connectivity index (χ1n) is 4.14. The Bertz CT molecular complexity index is 333. The summed E-state index contributed by atoms with van der Waals surface area (Å²) in [7, 11) is 0. The molecule has 66 valence electrons. The van der Waals surface area contributed by atoms with E-state index >= 15 is 0 Å². The summed E-state index contributed by atoms with van der Waals surface area (Å²) in [6.07, 6.45) is 6.97. The molecule has 1 aromatic carbocycles. The standard InChI is InChI=1S/C12H12O/c1-3-7-12(13)11-9-6-5-8-10(11)4-2/h2-3,5-6,8-9,12-13H,1,7H2. The summed E-state index contributed by atoms with van der Waals surface area (Å²) in [4.78, 5) is 0. The molecule has 0 fully saturated rings. The highest BCUT2D eigenvalue weighted by atomic mass is 16.3. The lowest BCUT2D eigenvalue weighted by Crippen LogP contribution is -1.98. The minimum absolute atomic E-state index is 0.526. The first-order chi connectivity index (χ1) is 6.29. The number of aliphatic hydroxyl groups excluding tert-OH is 1. The SMILES string of the molecule is C#Cc1ccccc1C(O)CC=C. The van der Waals surface area contributed by atoms with Crippen molar-refractivity contribution in [2.24, 2.45) is 0 Å². The Morgan fingerprint density at radius 2 is 2.23 bits per heavy atom. The molecule has 1 heteroatoms. The van der Waals surface area contributed by atoms with Gasteiger partial charge in [0.1, 0.15) is 0 Å². The van der Waals surface area contributed by atoms with Crippen LogP contribution in [0.3, 0.4) is 0 Å². The molecule has 1 unspecified atom stereocenters. The Morgan fingerprint density at radius 3 is 2.85 bits per heavy atom. The fraction of sp³-hybridized carbons (Fsp3) is 0.167. The molecule has 0 aromatic heterocycles. The van der Waals surface area contributed by atoms with E-state index in [1.807, 2.05) is 24.3 Å². The number of terminal acetylenes is 1. The van der Waals surface area contributed by atoms with Gasteiger partial charge in [-0.05, 0) is 18.1 Å². The number of hydrogen-bond acceptors (Lipinski definition) is 1. The van der Waals surface area contributed by atoms with Crippen molar-refractivity contribution < 1.29 is 5.11 Å². The molecular weight excluding hydrogens is 160 g/mol. The second-order valence-corrected chi connectivity index (χ2v) is 2.77. The van der Waals surface area contributed by atoms with Gasteiger partial charge in [0.2, 0.25) is 0 Å². The fourth-order valence-electron chi connectivity index (χ4n) is 1.20. The van der Waals surface area contributed by atoms with Gasteiger partial charge in [0.15, 0.2) is 0 Å². The molecule has 0 saturated heterocycles. The molecule has 0 amide bonds. The molecule has 0 saturated carbocycles. The topological polar surface area (TPSA) is 20.2 Å². The van der Waals surface area contributed by atoms with Gasteiger partial charge in [-0.2, -0.15) is 0 Å². The van der Waals surface area contributed by atoms with Crippen LogP contribution in [0.2, 0.25) is 0 Å². The summed E-state index contributed by atoms with van der Waals surface area (Å²) in [6.45, 7) is 3.57. The Morgan fingerprint density at radius 1 is 1.54 bits per heavy atom. The average molecular weight is 172 g/mol. The second kappa shape index (κ2) is 4.49. The largest absolute Gasteiger partial charge is 0.388 e. The van der Waals surface area contributed by atoms with E-state index < -0.39 is 6.10 Å². The second-order valence-electron chi connectivity index (χ2n) is 2.77. The van der Waals surface area contributed by atoms with Gasteiger partial charge in [-0.3, -0.25) is 0 Å². The van der Waals surface area contributed by atoms with Crippen LogP contribution >= 0.6 is 0 Å². The van der Waals surface area contributed by atoms with Crippen molar-refractivity contribution in [3.63, 3.8) is 0 Å². The van der Waals surface area contributed by atoms with Gasteiger partial charge in [-0.1, -0.05) is 30.2 Å². The summed E-state index contributed by atoms with van der Waals surface area (Å²) in [5.41, 5.74) is 1.54. The highest BCUT2D eigenvalue weighted by molar-refractivity contribution is 5.41. The molecule has 0 aliphatic heterocycles. The van der Waals surface area contributed by atoms with Gasteiger partial charge in [0, 0.05) is 5.56 Å². The van der Waals surface area contributed by atoms with E-state index in [0.29, 0.717) is 6.42 Å². The summed E-state index contributed by atoms with van der Waals surface area (Å²) >= 11 is 0. The van der Waals surface area contributed by atoms with Crippen LogP contribution in [-0.4, -0.2) is 5.11 Å². The van der Waals surface area contributed by atoms with Gasteiger partial charge in [-0.15, -0.1) is 13.0 Å². The minimum Gasteiger partial charge on any atom is -0.388 e. The third-order valence-electron chi connectivity index (χ3n) is 1.87. The fourth-order valence-corrected chi connectivity index (χ4v) is 1.20. The quantitative estimate of drug-likeness (QED) is 0.547. The Kier molecular flexibility index (Phi) is 3.31. The summed E-state index contributed by atoms with van der Waals surface area (Å²) in [5, 5.41) is 9.67. The van der Waals surface area contributed by atoms with Crippen LogP contribution in [-0.2, 0) is 0 Å². The molecular formula is C12H12O. The minimum atomic E-state index is -0.537. The maximum atomic E-state index is 9.67. The van der Waals surface area contributed by atoms with Gasteiger partial charge >= 0.3 is 0 Å². The third kappa shape index (κ3) is 2.21. The highest BCUT2D eigenvalue weighted by Crippen LogP contribution is 2.20. The predicted molar refractivity (Wildman–Crippen MR) is 54.2 cm³/mol. The Hall–Kier alpha value is -1.52. The molecule has 0 radical (unpaired) electrons. The zero-order valence-corrected chi connectivity index (χ0v) is 7.40. The van der Waals surface area contributed by atoms with E-state index in [0.717, 1.165) is 11.1 Å². The van der Waals surface area contributed by atoms with Crippen molar-refractivity contribution in [3.8, 4) is 12.3 Å². The van der Waals surface area contributed by atoms with E-state index in [4.69, 9.17) is 6.42 Å². The van der Waals surface area contributed by atoms with Crippen molar-refractivity contribution in [2.45, 2.75) is 12.5 Å². The zero-order valence-electron chi connectivity index (χ0n) is 7.40. The maximum absolute atomic E-state index is 9.67. The number of hydrogen-bond donors (Lipinski definition) is 1. The van der Waals surface area contributed by atoms with Gasteiger partial charge in [-0.25, -0.2) is 0 Å². The van der Waals surface area contributed by atoms with Gasteiger partial charge in [0.05, 0.1) is 6.10 Å². The Labute approximate surface area is 78.7 Å².